The number of anilines is 1. The van der Waals surface area contributed by atoms with E-state index in [0.717, 1.165) is 80.7 Å². The van der Waals surface area contributed by atoms with Crippen molar-refractivity contribution in [2.75, 3.05) is 44.2 Å². The molecule has 0 radical (unpaired) electrons. The van der Waals surface area contributed by atoms with Crippen LogP contribution in [0.4, 0.5) is 5.82 Å². The van der Waals surface area contributed by atoms with Gasteiger partial charge in [0.25, 0.3) is 5.91 Å². The number of amides is 1. The fourth-order valence-corrected chi connectivity index (χ4v) is 4.68. The number of hydrogen-bond donors (Lipinski definition) is 0. The van der Waals surface area contributed by atoms with Crippen LogP contribution >= 0.6 is 0 Å². The lowest BCUT2D eigenvalue weighted by atomic mass is 9.99. The van der Waals surface area contributed by atoms with E-state index in [0.29, 0.717) is 0 Å². The number of carbonyl (C=O) groups excluding carboxylic acids is 1. The molecule has 5 nitrogen and oxygen atoms in total. The van der Waals surface area contributed by atoms with Crippen LogP contribution in [0.25, 0.3) is 11.1 Å². The van der Waals surface area contributed by atoms with Crippen LogP contribution in [0.3, 0.4) is 0 Å². The normalized spacial score (nSPS) is 20.7. The van der Waals surface area contributed by atoms with E-state index in [-0.39, 0.29) is 5.91 Å². The van der Waals surface area contributed by atoms with Crippen LogP contribution in [-0.4, -0.2) is 66.0 Å². The molecule has 1 saturated carbocycles. The van der Waals surface area contributed by atoms with E-state index in [1.807, 2.05) is 35.4 Å². The average molecular weight is 391 g/mol. The number of aromatic nitrogens is 1. The zero-order valence-electron chi connectivity index (χ0n) is 17.1. The molecule has 5 heteroatoms. The summed E-state index contributed by atoms with van der Waals surface area (Å²) >= 11 is 0. The van der Waals surface area contributed by atoms with Gasteiger partial charge in [-0.05, 0) is 55.9 Å². The number of piperidine rings is 1. The molecule has 29 heavy (non-hydrogen) atoms. The van der Waals surface area contributed by atoms with E-state index in [1.165, 1.54) is 19.3 Å². The Morgan fingerprint density at radius 3 is 2.31 bits per heavy atom. The average Bonchev–Trinajstić information content (AvgIpc) is 3.65. The maximum Gasteiger partial charge on any atom is 0.254 e. The highest BCUT2D eigenvalue weighted by molar-refractivity contribution is 6.00. The molecule has 0 bridgehead atoms. The van der Waals surface area contributed by atoms with Gasteiger partial charge in [-0.1, -0.05) is 18.2 Å². The maximum absolute atomic E-state index is 13.1. The van der Waals surface area contributed by atoms with E-state index in [9.17, 15) is 4.79 Å². The van der Waals surface area contributed by atoms with E-state index >= 15 is 0 Å². The maximum atomic E-state index is 13.1. The Kier molecular flexibility index (Phi) is 5.23. The molecule has 152 valence electrons. The largest absolute Gasteiger partial charge is 0.354 e. The smallest absolute Gasteiger partial charge is 0.254 e. The van der Waals surface area contributed by atoms with Crippen molar-refractivity contribution in [2.24, 2.45) is 0 Å². The molecule has 5 rings (SSSR count). The minimum Gasteiger partial charge on any atom is -0.354 e. The lowest BCUT2D eigenvalue weighted by Crippen LogP contribution is -2.47. The van der Waals surface area contributed by atoms with Crippen molar-refractivity contribution in [3.8, 4) is 11.1 Å². The molecule has 1 aliphatic carbocycles. The molecule has 2 aromatic rings. The van der Waals surface area contributed by atoms with E-state index in [1.54, 1.807) is 0 Å². The van der Waals surface area contributed by atoms with Crippen molar-refractivity contribution in [3.05, 3.63) is 48.2 Å². The molecule has 1 aromatic heterocycles. The van der Waals surface area contributed by atoms with Crippen molar-refractivity contribution in [2.45, 2.75) is 38.1 Å². The summed E-state index contributed by atoms with van der Waals surface area (Å²) in [5, 5.41) is 0. The van der Waals surface area contributed by atoms with Crippen molar-refractivity contribution < 1.29 is 4.79 Å². The summed E-state index contributed by atoms with van der Waals surface area (Å²) in [4.78, 5) is 24.9. The standard InChI is InChI=1S/C24H30N4O/c29-24(28-12-4-1-5-13-28)22-7-3-2-6-21(22)19-8-11-23(25-18-19)27-16-14-26(15-17-27)20-9-10-20/h2-3,6-8,11,18,20H,1,4-5,9-10,12-17H2. The quantitative estimate of drug-likeness (QED) is 0.799. The minimum atomic E-state index is 0.153. The van der Waals surface area contributed by atoms with Crippen LogP contribution in [0, 0.1) is 0 Å². The molecule has 1 aromatic carbocycles. The Bertz CT molecular complexity index is 847. The first kappa shape index (κ1) is 18.6. The highest BCUT2D eigenvalue weighted by Crippen LogP contribution is 2.29. The van der Waals surface area contributed by atoms with Gasteiger partial charge in [-0.3, -0.25) is 9.69 Å². The third-order valence-electron chi connectivity index (χ3n) is 6.56. The predicted octanol–water partition coefficient (Wildman–Crippen LogP) is 3.66. The SMILES string of the molecule is O=C(c1ccccc1-c1ccc(N2CCN(C3CC3)CC2)nc1)N1CCCCC1. The van der Waals surface area contributed by atoms with Crippen molar-refractivity contribution >= 4 is 11.7 Å². The second-order valence-electron chi connectivity index (χ2n) is 8.56. The Morgan fingerprint density at radius 2 is 1.62 bits per heavy atom. The number of nitrogens with zero attached hydrogens (tertiary/aromatic N) is 4. The summed E-state index contributed by atoms with van der Waals surface area (Å²) in [6, 6.07) is 13.1. The Hall–Kier alpha value is -2.40. The summed E-state index contributed by atoms with van der Waals surface area (Å²) in [5.41, 5.74) is 2.80. The van der Waals surface area contributed by atoms with Crippen LogP contribution in [0.15, 0.2) is 42.6 Å². The van der Waals surface area contributed by atoms with Gasteiger partial charge in [0.1, 0.15) is 5.82 Å². The highest BCUT2D eigenvalue weighted by atomic mass is 16.2. The lowest BCUT2D eigenvalue weighted by molar-refractivity contribution is 0.0725. The second-order valence-corrected chi connectivity index (χ2v) is 8.56. The molecule has 3 fully saturated rings. The van der Waals surface area contributed by atoms with Gasteiger partial charge in [-0.15, -0.1) is 0 Å². The zero-order valence-corrected chi connectivity index (χ0v) is 17.1. The number of hydrogen-bond acceptors (Lipinski definition) is 4. The van der Waals surface area contributed by atoms with Gasteiger partial charge < -0.3 is 9.80 Å². The van der Waals surface area contributed by atoms with Crippen molar-refractivity contribution in [3.63, 3.8) is 0 Å². The molecular weight excluding hydrogens is 360 g/mol. The first-order chi connectivity index (χ1) is 14.3. The summed E-state index contributed by atoms with van der Waals surface area (Å²) in [5.74, 6) is 1.20. The second kappa shape index (κ2) is 8.15. The fourth-order valence-electron chi connectivity index (χ4n) is 4.68. The number of rotatable bonds is 4. The molecule has 3 heterocycles. The molecule has 2 aliphatic heterocycles. The molecule has 0 N–H and O–H groups in total. The first-order valence-corrected chi connectivity index (χ1v) is 11.1. The van der Waals surface area contributed by atoms with Crippen LogP contribution in [0.5, 0.6) is 0 Å². The van der Waals surface area contributed by atoms with Crippen molar-refractivity contribution in [1.82, 2.24) is 14.8 Å². The summed E-state index contributed by atoms with van der Waals surface area (Å²) in [6.07, 6.45) is 8.14. The number of piperazine rings is 1. The Morgan fingerprint density at radius 1 is 0.862 bits per heavy atom. The van der Waals surface area contributed by atoms with Crippen LogP contribution in [0.2, 0.25) is 0 Å². The molecule has 0 atom stereocenters. The van der Waals surface area contributed by atoms with Gasteiger partial charge in [0.15, 0.2) is 0 Å². The lowest BCUT2D eigenvalue weighted by Gasteiger charge is -2.35. The number of likely N-dealkylation sites (tertiary alicyclic amines) is 1. The van der Waals surface area contributed by atoms with Gasteiger partial charge in [0, 0.05) is 62.6 Å². The Labute approximate surface area is 173 Å². The van der Waals surface area contributed by atoms with Gasteiger partial charge in [-0.25, -0.2) is 4.98 Å². The molecule has 0 spiro atoms. The molecule has 0 unspecified atom stereocenters. The zero-order chi connectivity index (χ0) is 19.6. The summed E-state index contributed by atoms with van der Waals surface area (Å²) in [6.45, 7) is 6.12. The first-order valence-electron chi connectivity index (χ1n) is 11.1. The fraction of sp³-hybridized carbons (Fsp3) is 0.500. The molecule has 3 aliphatic rings. The van der Waals surface area contributed by atoms with Crippen LogP contribution < -0.4 is 4.90 Å². The third kappa shape index (κ3) is 4.01. The van der Waals surface area contributed by atoms with Gasteiger partial charge in [0.2, 0.25) is 0 Å². The third-order valence-corrected chi connectivity index (χ3v) is 6.56. The van der Waals surface area contributed by atoms with Crippen molar-refractivity contribution in [1.29, 1.82) is 0 Å². The summed E-state index contributed by atoms with van der Waals surface area (Å²) in [7, 11) is 0. The van der Waals surface area contributed by atoms with Gasteiger partial charge in [0.05, 0.1) is 0 Å². The molecule has 1 amide bonds. The number of benzene rings is 1. The summed E-state index contributed by atoms with van der Waals surface area (Å²) < 4.78 is 0. The van der Waals surface area contributed by atoms with Crippen LogP contribution in [0.1, 0.15) is 42.5 Å². The minimum absolute atomic E-state index is 0.153. The van der Waals surface area contributed by atoms with Crippen LogP contribution in [-0.2, 0) is 0 Å². The Balaban J connectivity index is 1.32. The van der Waals surface area contributed by atoms with E-state index < -0.39 is 0 Å². The number of pyridine rings is 1. The molecule has 2 saturated heterocycles. The molecular formula is C24H30N4O. The van der Waals surface area contributed by atoms with E-state index in [4.69, 9.17) is 4.98 Å². The monoisotopic (exact) mass is 390 g/mol. The predicted molar refractivity (Wildman–Crippen MR) is 116 cm³/mol. The van der Waals surface area contributed by atoms with E-state index in [2.05, 4.69) is 21.9 Å². The number of carbonyl (C=O) groups is 1. The topological polar surface area (TPSA) is 39.7 Å². The van der Waals surface area contributed by atoms with Gasteiger partial charge in [-0.2, -0.15) is 0 Å². The van der Waals surface area contributed by atoms with Gasteiger partial charge >= 0.3 is 0 Å². The highest BCUT2D eigenvalue weighted by Gasteiger charge is 2.31.